The summed E-state index contributed by atoms with van der Waals surface area (Å²) in [5.41, 5.74) is 0. The monoisotopic (exact) mass is 258 g/mol. The molecule has 17 heavy (non-hydrogen) atoms. The van der Waals surface area contributed by atoms with Gasteiger partial charge in [0.1, 0.15) is 0 Å². The van der Waals surface area contributed by atoms with Crippen LogP contribution in [0.2, 0.25) is 0 Å². The van der Waals surface area contributed by atoms with Crippen LogP contribution >= 0.6 is 0 Å². The van der Waals surface area contributed by atoms with Crippen molar-refractivity contribution in [2.75, 3.05) is 19.6 Å². The third-order valence-corrected chi connectivity index (χ3v) is 6.76. The quantitative estimate of drug-likeness (QED) is 0.820. The van der Waals surface area contributed by atoms with Crippen LogP contribution in [0.3, 0.4) is 0 Å². The number of sulfonamides is 1. The molecule has 98 valence electrons. The molecule has 2 saturated heterocycles. The standard InChI is InChI=1S/C12H22N2O2S/c15-17(16,11-5-6-11)14-8-2-3-10(9-14)12-4-1-7-13-12/h10-13H,1-9H2. The van der Waals surface area contributed by atoms with E-state index in [9.17, 15) is 8.42 Å². The minimum Gasteiger partial charge on any atom is -0.314 e. The van der Waals surface area contributed by atoms with Crippen molar-refractivity contribution in [3.05, 3.63) is 0 Å². The Morgan fingerprint density at radius 2 is 1.88 bits per heavy atom. The van der Waals surface area contributed by atoms with Gasteiger partial charge in [0.05, 0.1) is 5.25 Å². The first kappa shape index (κ1) is 11.9. The SMILES string of the molecule is O=S(=O)(C1CC1)N1CCCC(C2CCCN2)C1. The molecule has 2 atom stereocenters. The summed E-state index contributed by atoms with van der Waals surface area (Å²) < 4.78 is 26.2. The van der Waals surface area contributed by atoms with E-state index in [1.54, 1.807) is 4.31 Å². The smallest absolute Gasteiger partial charge is 0.216 e. The Hall–Kier alpha value is -0.130. The Bertz CT molecular complexity index is 372. The van der Waals surface area contributed by atoms with Crippen molar-refractivity contribution in [3.8, 4) is 0 Å². The van der Waals surface area contributed by atoms with Crippen molar-refractivity contribution in [1.29, 1.82) is 0 Å². The third-order valence-electron chi connectivity index (χ3n) is 4.39. The third kappa shape index (κ3) is 2.37. The fourth-order valence-corrected chi connectivity index (χ4v) is 5.16. The molecule has 2 heterocycles. The number of hydrogen-bond donors (Lipinski definition) is 1. The Morgan fingerprint density at radius 1 is 1.06 bits per heavy atom. The van der Waals surface area contributed by atoms with E-state index < -0.39 is 10.0 Å². The van der Waals surface area contributed by atoms with E-state index in [2.05, 4.69) is 5.32 Å². The first-order valence-electron chi connectivity index (χ1n) is 6.90. The average molecular weight is 258 g/mol. The zero-order chi connectivity index (χ0) is 11.9. The molecule has 0 spiro atoms. The highest BCUT2D eigenvalue weighted by Crippen LogP contribution is 2.34. The van der Waals surface area contributed by atoms with Crippen LogP contribution in [0.1, 0.15) is 38.5 Å². The summed E-state index contributed by atoms with van der Waals surface area (Å²) in [5, 5.41) is 3.48. The van der Waals surface area contributed by atoms with Gasteiger partial charge in [0.25, 0.3) is 0 Å². The van der Waals surface area contributed by atoms with Crippen molar-refractivity contribution in [3.63, 3.8) is 0 Å². The molecule has 0 aromatic rings. The number of nitrogens with zero attached hydrogens (tertiary/aromatic N) is 1. The summed E-state index contributed by atoms with van der Waals surface area (Å²) >= 11 is 0. The molecule has 0 aromatic heterocycles. The van der Waals surface area contributed by atoms with Gasteiger partial charge in [-0.25, -0.2) is 12.7 Å². The van der Waals surface area contributed by atoms with E-state index in [1.165, 1.54) is 19.3 Å². The van der Waals surface area contributed by atoms with Gasteiger partial charge in [-0.05, 0) is 51.0 Å². The van der Waals surface area contributed by atoms with Crippen LogP contribution in [-0.2, 0) is 10.0 Å². The van der Waals surface area contributed by atoms with E-state index in [4.69, 9.17) is 0 Å². The molecular formula is C12H22N2O2S. The van der Waals surface area contributed by atoms with Crippen LogP contribution in [0.4, 0.5) is 0 Å². The van der Waals surface area contributed by atoms with Crippen LogP contribution in [0.25, 0.3) is 0 Å². The molecule has 3 rings (SSSR count). The first-order chi connectivity index (χ1) is 8.18. The zero-order valence-electron chi connectivity index (χ0n) is 10.3. The van der Waals surface area contributed by atoms with E-state index in [1.807, 2.05) is 0 Å². The molecule has 0 bridgehead atoms. The Labute approximate surface area is 104 Å². The summed E-state index contributed by atoms with van der Waals surface area (Å²) in [4.78, 5) is 0. The van der Waals surface area contributed by atoms with Gasteiger partial charge in [-0.3, -0.25) is 0 Å². The molecule has 5 heteroatoms. The Kier molecular flexibility index (Phi) is 3.17. The van der Waals surface area contributed by atoms with Gasteiger partial charge in [0.2, 0.25) is 10.0 Å². The van der Waals surface area contributed by atoms with Crippen LogP contribution in [-0.4, -0.2) is 43.6 Å². The normalized spacial score (nSPS) is 36.2. The molecule has 0 aromatic carbocycles. The van der Waals surface area contributed by atoms with Gasteiger partial charge < -0.3 is 5.32 Å². The van der Waals surface area contributed by atoms with Gasteiger partial charge in [-0.2, -0.15) is 0 Å². The minimum absolute atomic E-state index is 0.0437. The van der Waals surface area contributed by atoms with Crippen LogP contribution in [0, 0.1) is 5.92 Å². The summed E-state index contributed by atoms with van der Waals surface area (Å²) in [6, 6.07) is 0.562. The predicted octanol–water partition coefficient (Wildman–Crippen LogP) is 0.943. The fraction of sp³-hybridized carbons (Fsp3) is 1.00. The maximum atomic E-state index is 12.2. The summed E-state index contributed by atoms with van der Waals surface area (Å²) in [6.45, 7) is 2.62. The summed E-state index contributed by atoms with van der Waals surface area (Å²) in [6.07, 6.45) is 6.46. The Balaban J connectivity index is 1.66. The lowest BCUT2D eigenvalue weighted by molar-refractivity contribution is 0.226. The zero-order valence-corrected chi connectivity index (χ0v) is 11.1. The molecule has 2 unspecified atom stereocenters. The highest BCUT2D eigenvalue weighted by molar-refractivity contribution is 7.90. The van der Waals surface area contributed by atoms with Crippen LogP contribution in [0.5, 0.6) is 0 Å². The molecule has 0 amide bonds. The largest absolute Gasteiger partial charge is 0.314 e. The van der Waals surface area contributed by atoms with Crippen LogP contribution < -0.4 is 5.32 Å². The predicted molar refractivity (Wildman–Crippen MR) is 67.3 cm³/mol. The van der Waals surface area contributed by atoms with Gasteiger partial charge in [0, 0.05) is 19.1 Å². The number of nitrogens with one attached hydrogen (secondary N) is 1. The number of piperidine rings is 1. The van der Waals surface area contributed by atoms with Crippen molar-refractivity contribution in [1.82, 2.24) is 9.62 Å². The summed E-state index contributed by atoms with van der Waals surface area (Å²) in [5.74, 6) is 0.541. The molecular weight excluding hydrogens is 236 g/mol. The van der Waals surface area contributed by atoms with Crippen molar-refractivity contribution < 1.29 is 8.42 Å². The maximum Gasteiger partial charge on any atom is 0.216 e. The average Bonchev–Trinajstić information content (AvgIpc) is 3.06. The molecule has 3 aliphatic rings. The lowest BCUT2D eigenvalue weighted by Gasteiger charge is -2.35. The fourth-order valence-electron chi connectivity index (χ4n) is 3.22. The van der Waals surface area contributed by atoms with Crippen molar-refractivity contribution >= 4 is 10.0 Å². The summed E-state index contributed by atoms with van der Waals surface area (Å²) in [7, 11) is -2.95. The van der Waals surface area contributed by atoms with E-state index in [0.717, 1.165) is 38.9 Å². The number of hydrogen-bond acceptors (Lipinski definition) is 3. The van der Waals surface area contributed by atoms with Crippen molar-refractivity contribution in [2.45, 2.75) is 49.8 Å². The van der Waals surface area contributed by atoms with E-state index >= 15 is 0 Å². The molecule has 1 N–H and O–H groups in total. The second kappa shape index (κ2) is 4.52. The molecule has 0 radical (unpaired) electrons. The van der Waals surface area contributed by atoms with Gasteiger partial charge >= 0.3 is 0 Å². The minimum atomic E-state index is -2.95. The van der Waals surface area contributed by atoms with Gasteiger partial charge in [-0.15, -0.1) is 0 Å². The Morgan fingerprint density at radius 3 is 2.53 bits per heavy atom. The molecule has 3 fully saturated rings. The topological polar surface area (TPSA) is 49.4 Å². The van der Waals surface area contributed by atoms with Crippen molar-refractivity contribution in [2.24, 2.45) is 5.92 Å². The molecule has 1 saturated carbocycles. The lowest BCUT2D eigenvalue weighted by atomic mass is 9.91. The van der Waals surface area contributed by atoms with Gasteiger partial charge in [-0.1, -0.05) is 0 Å². The second-order valence-electron chi connectivity index (χ2n) is 5.71. The van der Waals surface area contributed by atoms with E-state index in [0.29, 0.717) is 12.0 Å². The molecule has 2 aliphatic heterocycles. The van der Waals surface area contributed by atoms with Crippen LogP contribution in [0.15, 0.2) is 0 Å². The molecule has 4 nitrogen and oxygen atoms in total. The lowest BCUT2D eigenvalue weighted by Crippen LogP contribution is -2.46. The highest BCUT2D eigenvalue weighted by atomic mass is 32.2. The molecule has 1 aliphatic carbocycles. The first-order valence-corrected chi connectivity index (χ1v) is 8.40. The second-order valence-corrected chi connectivity index (χ2v) is 7.92. The van der Waals surface area contributed by atoms with E-state index in [-0.39, 0.29) is 5.25 Å². The number of rotatable bonds is 3. The maximum absolute atomic E-state index is 12.2. The van der Waals surface area contributed by atoms with Gasteiger partial charge in [0.15, 0.2) is 0 Å². The highest BCUT2D eigenvalue weighted by Gasteiger charge is 2.42.